The topological polar surface area (TPSA) is 55.1 Å². The Kier molecular flexibility index (Phi) is 6.25. The van der Waals surface area contributed by atoms with E-state index in [9.17, 15) is 4.79 Å². The molecule has 3 N–H and O–H groups in total. The van der Waals surface area contributed by atoms with Gasteiger partial charge in [-0.05, 0) is 42.9 Å². The van der Waals surface area contributed by atoms with Gasteiger partial charge in [0, 0.05) is 4.90 Å². The summed E-state index contributed by atoms with van der Waals surface area (Å²) in [6.07, 6.45) is 0. The lowest BCUT2D eigenvalue weighted by Crippen LogP contribution is -2.35. The average Bonchev–Trinajstić information content (AvgIpc) is 2.55. The van der Waals surface area contributed by atoms with Gasteiger partial charge < -0.3 is 11.1 Å². The molecule has 2 aromatic rings. The molecule has 0 spiro atoms. The number of rotatable bonds is 6. The van der Waals surface area contributed by atoms with Crippen LogP contribution in [0.4, 0.5) is 0 Å². The van der Waals surface area contributed by atoms with Gasteiger partial charge in [-0.1, -0.05) is 48.9 Å². The molecule has 0 bridgehead atoms. The van der Waals surface area contributed by atoms with Crippen LogP contribution in [0, 0.1) is 6.92 Å². The quantitative estimate of drug-likeness (QED) is 0.789. The Balaban J connectivity index is 1.99. The first-order valence-electron chi connectivity index (χ1n) is 7.86. The number of hydrogen-bond donors (Lipinski definition) is 2. The summed E-state index contributed by atoms with van der Waals surface area (Å²) in [5.41, 5.74) is 9.12. The number of nitrogens with one attached hydrogen (secondary N) is 1. The molecule has 0 aliphatic carbocycles. The van der Waals surface area contributed by atoms with E-state index < -0.39 is 6.04 Å². The summed E-state index contributed by atoms with van der Waals surface area (Å²) in [5.74, 6) is 0.894. The third kappa shape index (κ3) is 4.85. The van der Waals surface area contributed by atoms with Gasteiger partial charge in [0.25, 0.3) is 0 Å². The second-order valence-electron chi connectivity index (χ2n) is 5.62. The van der Waals surface area contributed by atoms with Crippen molar-refractivity contribution in [1.29, 1.82) is 0 Å². The summed E-state index contributed by atoms with van der Waals surface area (Å²) in [4.78, 5) is 13.6. The zero-order valence-corrected chi connectivity index (χ0v) is 14.7. The molecule has 0 aliphatic rings. The van der Waals surface area contributed by atoms with E-state index in [0.717, 1.165) is 22.4 Å². The molecule has 3 nitrogen and oxygen atoms in total. The van der Waals surface area contributed by atoms with Crippen LogP contribution in [0.5, 0.6) is 0 Å². The van der Waals surface area contributed by atoms with Crippen LogP contribution in [0.15, 0.2) is 53.4 Å². The number of hydrogen-bond acceptors (Lipinski definition) is 3. The van der Waals surface area contributed by atoms with Crippen molar-refractivity contribution in [3.8, 4) is 0 Å². The predicted molar refractivity (Wildman–Crippen MR) is 97.5 cm³/mol. The minimum absolute atomic E-state index is 0.0697. The van der Waals surface area contributed by atoms with Crippen molar-refractivity contribution < 1.29 is 4.79 Å². The van der Waals surface area contributed by atoms with E-state index in [1.807, 2.05) is 38.1 Å². The largest absolute Gasteiger partial charge is 0.348 e. The highest BCUT2D eigenvalue weighted by Gasteiger charge is 2.18. The SMILES string of the molecule is CCSc1ccc(C(C)NC(=O)C(N)c2ccc(C)cc2)cc1. The zero-order chi connectivity index (χ0) is 16.8. The molecule has 0 heterocycles. The van der Waals surface area contributed by atoms with Crippen molar-refractivity contribution in [2.24, 2.45) is 5.73 Å². The normalized spacial score (nSPS) is 13.4. The van der Waals surface area contributed by atoms with Crippen LogP contribution in [0.2, 0.25) is 0 Å². The standard InChI is InChI=1S/C19H24N2OS/c1-4-23-17-11-9-15(10-12-17)14(3)21-19(22)18(20)16-7-5-13(2)6-8-16/h5-12,14,18H,4,20H2,1-3H3,(H,21,22). The van der Waals surface area contributed by atoms with Crippen LogP contribution in [0.3, 0.4) is 0 Å². The number of nitrogens with two attached hydrogens (primary N) is 1. The second kappa shape index (κ2) is 8.18. The lowest BCUT2D eigenvalue weighted by molar-refractivity contribution is -0.123. The van der Waals surface area contributed by atoms with Gasteiger partial charge in [0.1, 0.15) is 6.04 Å². The van der Waals surface area contributed by atoms with Gasteiger partial charge >= 0.3 is 0 Å². The fourth-order valence-electron chi connectivity index (χ4n) is 2.33. The number of benzene rings is 2. The molecular weight excluding hydrogens is 304 g/mol. The summed E-state index contributed by atoms with van der Waals surface area (Å²) < 4.78 is 0. The van der Waals surface area contributed by atoms with Crippen LogP contribution in [0.1, 0.15) is 42.6 Å². The maximum Gasteiger partial charge on any atom is 0.241 e. The fourth-order valence-corrected chi connectivity index (χ4v) is 2.99. The van der Waals surface area contributed by atoms with Crippen molar-refractivity contribution in [3.63, 3.8) is 0 Å². The number of aryl methyl sites for hydroxylation is 1. The van der Waals surface area contributed by atoms with Crippen LogP contribution >= 0.6 is 11.8 Å². The third-order valence-corrected chi connectivity index (χ3v) is 4.66. The Labute approximate surface area is 142 Å². The van der Waals surface area contributed by atoms with E-state index >= 15 is 0 Å². The van der Waals surface area contributed by atoms with E-state index in [0.29, 0.717) is 0 Å². The van der Waals surface area contributed by atoms with E-state index in [4.69, 9.17) is 5.73 Å². The summed E-state index contributed by atoms with van der Waals surface area (Å²) in [7, 11) is 0. The Bertz CT molecular complexity index is 637. The van der Waals surface area contributed by atoms with Gasteiger partial charge in [-0.2, -0.15) is 0 Å². The van der Waals surface area contributed by atoms with Crippen LogP contribution in [-0.2, 0) is 4.79 Å². The second-order valence-corrected chi connectivity index (χ2v) is 6.96. The van der Waals surface area contributed by atoms with Gasteiger partial charge in [-0.15, -0.1) is 11.8 Å². The maximum atomic E-state index is 12.3. The molecule has 0 saturated heterocycles. The van der Waals surface area contributed by atoms with E-state index in [1.165, 1.54) is 4.90 Å². The van der Waals surface area contributed by atoms with Crippen molar-refractivity contribution in [2.75, 3.05) is 5.75 Å². The Morgan fingerprint density at radius 2 is 1.65 bits per heavy atom. The first-order valence-corrected chi connectivity index (χ1v) is 8.85. The highest BCUT2D eigenvalue weighted by molar-refractivity contribution is 7.99. The minimum atomic E-state index is -0.645. The van der Waals surface area contributed by atoms with Gasteiger partial charge in [-0.3, -0.25) is 4.79 Å². The summed E-state index contributed by atoms with van der Waals surface area (Å²) in [6.45, 7) is 6.12. The van der Waals surface area contributed by atoms with Crippen molar-refractivity contribution in [1.82, 2.24) is 5.32 Å². The molecular formula is C19H24N2OS. The Morgan fingerprint density at radius 3 is 2.22 bits per heavy atom. The molecule has 2 rings (SSSR count). The molecule has 0 fully saturated rings. The van der Waals surface area contributed by atoms with Gasteiger partial charge in [-0.25, -0.2) is 0 Å². The van der Waals surface area contributed by atoms with E-state index in [1.54, 1.807) is 11.8 Å². The molecule has 4 heteroatoms. The molecule has 2 unspecified atom stereocenters. The molecule has 2 aromatic carbocycles. The molecule has 1 amide bonds. The van der Waals surface area contributed by atoms with Crippen LogP contribution < -0.4 is 11.1 Å². The van der Waals surface area contributed by atoms with E-state index in [2.05, 4.69) is 36.5 Å². The minimum Gasteiger partial charge on any atom is -0.348 e. The third-order valence-electron chi connectivity index (χ3n) is 3.77. The lowest BCUT2D eigenvalue weighted by Gasteiger charge is -2.18. The highest BCUT2D eigenvalue weighted by atomic mass is 32.2. The summed E-state index contributed by atoms with van der Waals surface area (Å²) in [5, 5.41) is 2.99. The average molecular weight is 328 g/mol. The van der Waals surface area contributed by atoms with Crippen molar-refractivity contribution in [3.05, 3.63) is 65.2 Å². The molecule has 0 radical (unpaired) electrons. The molecule has 122 valence electrons. The van der Waals surface area contributed by atoms with Crippen LogP contribution in [-0.4, -0.2) is 11.7 Å². The Morgan fingerprint density at radius 1 is 1.09 bits per heavy atom. The first kappa shape index (κ1) is 17.6. The van der Waals surface area contributed by atoms with Gasteiger partial charge in [0.05, 0.1) is 6.04 Å². The number of amides is 1. The first-order chi connectivity index (χ1) is 11.0. The zero-order valence-electron chi connectivity index (χ0n) is 13.9. The number of carbonyl (C=O) groups excluding carboxylic acids is 1. The Hall–Kier alpha value is -1.78. The monoisotopic (exact) mass is 328 g/mol. The van der Waals surface area contributed by atoms with Crippen LogP contribution in [0.25, 0.3) is 0 Å². The smallest absolute Gasteiger partial charge is 0.241 e. The van der Waals surface area contributed by atoms with Crippen molar-refractivity contribution in [2.45, 2.75) is 37.8 Å². The van der Waals surface area contributed by atoms with Crippen molar-refractivity contribution >= 4 is 17.7 Å². The molecule has 0 saturated carbocycles. The number of carbonyl (C=O) groups is 1. The van der Waals surface area contributed by atoms with Gasteiger partial charge in [0.15, 0.2) is 0 Å². The maximum absolute atomic E-state index is 12.3. The highest BCUT2D eigenvalue weighted by Crippen LogP contribution is 2.21. The molecule has 2 atom stereocenters. The molecule has 23 heavy (non-hydrogen) atoms. The molecule has 0 aliphatic heterocycles. The predicted octanol–water partition coefficient (Wildman–Crippen LogP) is 3.98. The number of thioether (sulfide) groups is 1. The van der Waals surface area contributed by atoms with Gasteiger partial charge in [0.2, 0.25) is 5.91 Å². The fraction of sp³-hybridized carbons (Fsp3) is 0.316. The lowest BCUT2D eigenvalue weighted by atomic mass is 10.0. The summed E-state index contributed by atoms with van der Waals surface area (Å²) >= 11 is 1.81. The molecule has 0 aromatic heterocycles. The summed E-state index contributed by atoms with van der Waals surface area (Å²) in [6, 6.07) is 15.3. The van der Waals surface area contributed by atoms with E-state index in [-0.39, 0.29) is 11.9 Å².